The molecule has 0 radical (unpaired) electrons. The number of ether oxygens (including phenoxy) is 4. The number of hydrogen-bond acceptors (Lipinski definition) is 9. The Morgan fingerprint density at radius 2 is 1.62 bits per heavy atom. The number of nitro benzene ring substituents is 1. The van der Waals surface area contributed by atoms with E-state index in [0.29, 0.717) is 34.0 Å². The van der Waals surface area contributed by atoms with Crippen molar-refractivity contribution < 1.29 is 33.5 Å². The number of dihydropyridines is 1. The summed E-state index contributed by atoms with van der Waals surface area (Å²) in [4.78, 5) is 37.6. The molecule has 10 nitrogen and oxygen atoms in total. The fraction of sp³-hybridized carbons (Fsp3) is 0.333. The van der Waals surface area contributed by atoms with Gasteiger partial charge in [-0.05, 0) is 51.0 Å². The fourth-order valence-corrected chi connectivity index (χ4v) is 4.16. The molecule has 0 aliphatic carbocycles. The van der Waals surface area contributed by atoms with Crippen molar-refractivity contribution in [3.05, 3.63) is 86.2 Å². The van der Waals surface area contributed by atoms with E-state index in [-0.39, 0.29) is 23.4 Å². The number of nitrogens with zero attached hydrogens (tertiary/aromatic N) is 1. The minimum Gasteiger partial charge on any atom is -0.493 e. The third-order valence-corrected chi connectivity index (χ3v) is 5.78. The summed E-state index contributed by atoms with van der Waals surface area (Å²) in [6.45, 7) is 6.73. The second kappa shape index (κ2) is 11.6. The van der Waals surface area contributed by atoms with Crippen LogP contribution in [-0.4, -0.2) is 37.2 Å². The zero-order valence-electron chi connectivity index (χ0n) is 21.6. The summed E-state index contributed by atoms with van der Waals surface area (Å²) < 4.78 is 21.7. The summed E-state index contributed by atoms with van der Waals surface area (Å²) in [5.41, 5.74) is 2.17. The standard InChI is InChI=1S/C27H30N2O8/c1-15(2)37-27(31)24-17(4)28-16(3)23(25(24)19-8-7-9-20(13-19)29(32)33)26(30)36-14-18-10-11-21(34-5)22(12-18)35-6/h7-13,15,25,28H,14H2,1-6H3. The van der Waals surface area contributed by atoms with E-state index in [1.165, 1.54) is 32.4 Å². The Morgan fingerprint density at radius 1 is 0.973 bits per heavy atom. The molecule has 0 saturated carbocycles. The summed E-state index contributed by atoms with van der Waals surface area (Å²) in [7, 11) is 3.03. The molecule has 10 heteroatoms. The average Bonchev–Trinajstić information content (AvgIpc) is 2.86. The van der Waals surface area contributed by atoms with Crippen LogP contribution < -0.4 is 14.8 Å². The summed E-state index contributed by atoms with van der Waals surface area (Å²) >= 11 is 0. The van der Waals surface area contributed by atoms with Gasteiger partial charge in [0.1, 0.15) is 6.61 Å². The number of esters is 2. The molecule has 1 unspecified atom stereocenters. The number of carbonyl (C=O) groups excluding carboxylic acids is 2. The van der Waals surface area contributed by atoms with Crippen molar-refractivity contribution in [2.75, 3.05) is 14.2 Å². The van der Waals surface area contributed by atoms with Gasteiger partial charge >= 0.3 is 11.9 Å². The minimum absolute atomic E-state index is 0.0773. The largest absolute Gasteiger partial charge is 0.493 e. The molecule has 0 saturated heterocycles. The second-order valence-corrected chi connectivity index (χ2v) is 8.71. The van der Waals surface area contributed by atoms with E-state index in [9.17, 15) is 19.7 Å². The van der Waals surface area contributed by atoms with Gasteiger partial charge in [-0.15, -0.1) is 0 Å². The van der Waals surface area contributed by atoms with Crippen molar-refractivity contribution in [2.45, 2.75) is 46.3 Å². The number of methoxy groups -OCH3 is 2. The number of allylic oxidation sites excluding steroid dienone is 2. The van der Waals surface area contributed by atoms with Crippen LogP contribution >= 0.6 is 0 Å². The van der Waals surface area contributed by atoms with Gasteiger partial charge in [0, 0.05) is 23.5 Å². The molecular formula is C27H30N2O8. The average molecular weight is 511 g/mol. The smallest absolute Gasteiger partial charge is 0.337 e. The highest BCUT2D eigenvalue weighted by Crippen LogP contribution is 2.40. The Morgan fingerprint density at radius 3 is 2.22 bits per heavy atom. The molecule has 0 aromatic heterocycles. The summed E-state index contributed by atoms with van der Waals surface area (Å²) in [6, 6.07) is 11.0. The van der Waals surface area contributed by atoms with Gasteiger partial charge in [0.2, 0.25) is 0 Å². The second-order valence-electron chi connectivity index (χ2n) is 8.71. The summed E-state index contributed by atoms with van der Waals surface area (Å²) in [6.07, 6.45) is -0.411. The zero-order chi connectivity index (χ0) is 27.3. The maximum absolute atomic E-state index is 13.5. The Kier molecular flexibility index (Phi) is 8.54. The molecule has 2 aromatic rings. The van der Waals surface area contributed by atoms with Crippen molar-refractivity contribution in [3.8, 4) is 11.5 Å². The molecule has 0 spiro atoms. The van der Waals surface area contributed by atoms with Crippen molar-refractivity contribution in [3.63, 3.8) is 0 Å². The molecule has 1 aliphatic rings. The van der Waals surface area contributed by atoms with Gasteiger partial charge in [0.25, 0.3) is 5.69 Å². The third kappa shape index (κ3) is 6.08. The van der Waals surface area contributed by atoms with E-state index in [2.05, 4.69) is 5.32 Å². The van der Waals surface area contributed by atoms with Gasteiger partial charge < -0.3 is 24.3 Å². The monoisotopic (exact) mass is 510 g/mol. The Hall–Kier alpha value is -4.34. The number of hydrogen-bond donors (Lipinski definition) is 1. The lowest BCUT2D eigenvalue weighted by molar-refractivity contribution is -0.384. The van der Waals surface area contributed by atoms with Crippen LogP contribution in [0, 0.1) is 10.1 Å². The van der Waals surface area contributed by atoms with Gasteiger partial charge in [-0.3, -0.25) is 10.1 Å². The maximum atomic E-state index is 13.5. The van der Waals surface area contributed by atoms with Gasteiger partial charge in [-0.1, -0.05) is 18.2 Å². The lowest BCUT2D eigenvalue weighted by Gasteiger charge is -2.30. The Balaban J connectivity index is 2.02. The molecule has 3 rings (SSSR count). The Bertz CT molecular complexity index is 1280. The topological polar surface area (TPSA) is 126 Å². The van der Waals surface area contributed by atoms with Crippen LogP contribution in [-0.2, 0) is 25.7 Å². The van der Waals surface area contributed by atoms with Gasteiger partial charge in [0.15, 0.2) is 11.5 Å². The van der Waals surface area contributed by atoms with Crippen LogP contribution in [0.4, 0.5) is 5.69 Å². The van der Waals surface area contributed by atoms with E-state index in [1.54, 1.807) is 52.0 Å². The Labute approximate surface area is 215 Å². The highest BCUT2D eigenvalue weighted by Gasteiger charge is 2.38. The quantitative estimate of drug-likeness (QED) is 0.294. The van der Waals surface area contributed by atoms with Crippen LogP contribution in [0.15, 0.2) is 65.0 Å². The van der Waals surface area contributed by atoms with Crippen LogP contribution in [0.1, 0.15) is 44.7 Å². The highest BCUT2D eigenvalue weighted by atomic mass is 16.6. The summed E-state index contributed by atoms with van der Waals surface area (Å²) in [5.74, 6) is -1.23. The van der Waals surface area contributed by atoms with E-state index in [4.69, 9.17) is 18.9 Å². The molecule has 37 heavy (non-hydrogen) atoms. The predicted molar refractivity (Wildman–Crippen MR) is 135 cm³/mol. The third-order valence-electron chi connectivity index (χ3n) is 5.78. The summed E-state index contributed by atoms with van der Waals surface area (Å²) in [5, 5.41) is 14.5. The molecule has 0 bridgehead atoms. The lowest BCUT2D eigenvalue weighted by Crippen LogP contribution is -2.33. The zero-order valence-corrected chi connectivity index (χ0v) is 21.6. The molecule has 1 atom stereocenters. The van der Waals surface area contributed by atoms with Crippen molar-refractivity contribution in [2.24, 2.45) is 0 Å². The number of rotatable bonds is 9. The van der Waals surface area contributed by atoms with Crippen molar-refractivity contribution in [1.82, 2.24) is 5.32 Å². The predicted octanol–water partition coefficient (Wildman–Crippen LogP) is 4.54. The molecule has 196 valence electrons. The SMILES string of the molecule is COc1ccc(COC(=O)C2=C(C)NC(C)=C(C(=O)OC(C)C)C2c2cccc([N+](=O)[O-])c2)cc1OC. The first-order chi connectivity index (χ1) is 17.6. The number of nitrogens with one attached hydrogen (secondary N) is 1. The molecule has 2 aromatic carbocycles. The molecule has 0 fully saturated rings. The molecule has 1 heterocycles. The highest BCUT2D eigenvalue weighted by molar-refractivity contribution is 6.00. The number of carbonyl (C=O) groups is 2. The normalized spacial score (nSPS) is 15.3. The van der Waals surface area contributed by atoms with Crippen LogP contribution in [0.2, 0.25) is 0 Å². The lowest BCUT2D eigenvalue weighted by atomic mass is 9.80. The van der Waals surface area contributed by atoms with Crippen LogP contribution in [0.25, 0.3) is 0 Å². The van der Waals surface area contributed by atoms with Crippen LogP contribution in [0.3, 0.4) is 0 Å². The van der Waals surface area contributed by atoms with Gasteiger partial charge in [-0.25, -0.2) is 9.59 Å². The minimum atomic E-state index is -0.940. The molecule has 1 aliphatic heterocycles. The number of benzene rings is 2. The molecule has 1 N–H and O–H groups in total. The van der Waals surface area contributed by atoms with Crippen molar-refractivity contribution in [1.29, 1.82) is 0 Å². The number of non-ortho nitro benzene ring substituents is 1. The van der Waals surface area contributed by atoms with E-state index in [0.717, 1.165) is 0 Å². The number of nitro groups is 1. The first kappa shape index (κ1) is 27.3. The van der Waals surface area contributed by atoms with E-state index < -0.39 is 28.9 Å². The van der Waals surface area contributed by atoms with Gasteiger partial charge in [-0.2, -0.15) is 0 Å². The van der Waals surface area contributed by atoms with Crippen LogP contribution in [0.5, 0.6) is 11.5 Å². The van der Waals surface area contributed by atoms with E-state index in [1.807, 2.05) is 0 Å². The first-order valence-corrected chi connectivity index (χ1v) is 11.6. The maximum Gasteiger partial charge on any atom is 0.337 e. The van der Waals surface area contributed by atoms with E-state index >= 15 is 0 Å². The fourth-order valence-electron chi connectivity index (χ4n) is 4.16. The van der Waals surface area contributed by atoms with Crippen molar-refractivity contribution >= 4 is 17.6 Å². The molecule has 0 amide bonds. The van der Waals surface area contributed by atoms with Gasteiger partial charge in [0.05, 0.1) is 42.3 Å². The molecular weight excluding hydrogens is 480 g/mol. The first-order valence-electron chi connectivity index (χ1n) is 11.6.